The van der Waals surface area contributed by atoms with E-state index in [4.69, 9.17) is 0 Å². The molecule has 3 heteroatoms. The van der Waals surface area contributed by atoms with E-state index in [0.717, 1.165) is 23.4 Å². The van der Waals surface area contributed by atoms with E-state index < -0.39 is 0 Å². The molecular formula is C11H16N2O. The van der Waals surface area contributed by atoms with Gasteiger partial charge in [0.15, 0.2) is 12.4 Å². The minimum Gasteiger partial charge on any atom is -0.619 e. The molecule has 0 unspecified atom stereocenters. The Balaban J connectivity index is 2.22. The van der Waals surface area contributed by atoms with Gasteiger partial charge in [0, 0.05) is 24.7 Å². The van der Waals surface area contributed by atoms with E-state index in [1.165, 1.54) is 24.9 Å². The van der Waals surface area contributed by atoms with Gasteiger partial charge in [0.05, 0.1) is 5.69 Å². The summed E-state index contributed by atoms with van der Waals surface area (Å²) in [5, 5.41) is 11.0. The fourth-order valence-corrected chi connectivity index (χ4v) is 2.07. The van der Waals surface area contributed by atoms with Crippen LogP contribution in [0.25, 0.3) is 0 Å². The monoisotopic (exact) mass is 192 g/mol. The van der Waals surface area contributed by atoms with E-state index in [0.29, 0.717) is 0 Å². The summed E-state index contributed by atoms with van der Waals surface area (Å²) in [7, 11) is 0. The molecule has 76 valence electrons. The van der Waals surface area contributed by atoms with Crippen molar-refractivity contribution in [3.8, 4) is 0 Å². The van der Waals surface area contributed by atoms with Gasteiger partial charge >= 0.3 is 0 Å². The third-order valence-electron chi connectivity index (χ3n) is 2.80. The quantitative estimate of drug-likeness (QED) is 0.500. The van der Waals surface area contributed by atoms with Gasteiger partial charge in [-0.2, -0.15) is 4.73 Å². The summed E-state index contributed by atoms with van der Waals surface area (Å²) >= 11 is 0. The lowest BCUT2D eigenvalue weighted by Gasteiger charge is -2.29. The van der Waals surface area contributed by atoms with Crippen LogP contribution in [0.2, 0.25) is 0 Å². The average molecular weight is 192 g/mol. The number of piperidine rings is 1. The number of aryl methyl sites for hydroxylation is 1. The van der Waals surface area contributed by atoms with Crippen LogP contribution in [0, 0.1) is 12.1 Å². The highest BCUT2D eigenvalue weighted by Crippen LogP contribution is 2.21. The fourth-order valence-electron chi connectivity index (χ4n) is 2.07. The van der Waals surface area contributed by atoms with Crippen LogP contribution in [-0.4, -0.2) is 13.1 Å². The summed E-state index contributed by atoms with van der Waals surface area (Å²) in [6, 6.07) is 1.92. The van der Waals surface area contributed by atoms with Crippen molar-refractivity contribution in [2.24, 2.45) is 0 Å². The Morgan fingerprint density at radius 3 is 2.64 bits per heavy atom. The van der Waals surface area contributed by atoms with E-state index in [9.17, 15) is 5.21 Å². The van der Waals surface area contributed by atoms with Crippen molar-refractivity contribution in [3.05, 3.63) is 29.2 Å². The lowest BCUT2D eigenvalue weighted by atomic mass is 10.1. The Kier molecular flexibility index (Phi) is 2.57. The van der Waals surface area contributed by atoms with Gasteiger partial charge in [-0.15, -0.1) is 0 Å². The van der Waals surface area contributed by atoms with Gasteiger partial charge in [-0.3, -0.25) is 0 Å². The first-order chi connectivity index (χ1) is 6.77. The molecule has 0 aliphatic carbocycles. The van der Waals surface area contributed by atoms with E-state index in [2.05, 4.69) is 4.90 Å². The van der Waals surface area contributed by atoms with Crippen LogP contribution in [0.15, 0.2) is 18.5 Å². The predicted octanol–water partition coefficient (Wildman–Crippen LogP) is 1.62. The second-order valence-corrected chi connectivity index (χ2v) is 3.92. The van der Waals surface area contributed by atoms with E-state index in [1.807, 2.05) is 13.0 Å². The number of anilines is 1. The molecule has 0 spiro atoms. The Labute approximate surface area is 84.6 Å². The molecule has 0 atom stereocenters. The van der Waals surface area contributed by atoms with E-state index in [1.54, 1.807) is 12.4 Å². The van der Waals surface area contributed by atoms with Crippen LogP contribution in [0.3, 0.4) is 0 Å². The normalized spacial score (nSPS) is 17.1. The Morgan fingerprint density at radius 2 is 2.00 bits per heavy atom. The molecule has 2 rings (SSSR count). The molecule has 0 bridgehead atoms. The molecule has 3 nitrogen and oxygen atoms in total. The molecular weight excluding hydrogens is 176 g/mol. The molecule has 1 fully saturated rings. The summed E-state index contributed by atoms with van der Waals surface area (Å²) in [5.74, 6) is 0. The van der Waals surface area contributed by atoms with Gasteiger partial charge < -0.3 is 10.1 Å². The second-order valence-electron chi connectivity index (χ2n) is 3.92. The molecule has 2 heterocycles. The Hall–Kier alpha value is -1.25. The fraction of sp³-hybridized carbons (Fsp3) is 0.545. The first kappa shape index (κ1) is 9.31. The highest BCUT2D eigenvalue weighted by Gasteiger charge is 2.13. The van der Waals surface area contributed by atoms with Crippen LogP contribution in [0.4, 0.5) is 5.69 Å². The SMILES string of the molecule is Cc1c[n+]([O-])ccc1N1CCCCC1. The molecule has 1 aliphatic rings. The molecule has 1 aliphatic heterocycles. The van der Waals surface area contributed by atoms with Crippen LogP contribution < -0.4 is 9.63 Å². The molecule has 0 N–H and O–H groups in total. The summed E-state index contributed by atoms with van der Waals surface area (Å²) in [6.07, 6.45) is 7.10. The molecule has 1 saturated heterocycles. The first-order valence-corrected chi connectivity index (χ1v) is 5.22. The lowest BCUT2D eigenvalue weighted by molar-refractivity contribution is -0.605. The minimum absolute atomic E-state index is 0.864. The van der Waals surface area contributed by atoms with Gasteiger partial charge in [-0.05, 0) is 26.2 Å². The molecule has 0 radical (unpaired) electrons. The third kappa shape index (κ3) is 1.81. The lowest BCUT2D eigenvalue weighted by Crippen LogP contribution is -2.32. The maximum absolute atomic E-state index is 11.0. The summed E-state index contributed by atoms with van der Waals surface area (Å²) in [5.41, 5.74) is 2.29. The topological polar surface area (TPSA) is 30.2 Å². The highest BCUT2D eigenvalue weighted by molar-refractivity contribution is 5.50. The first-order valence-electron chi connectivity index (χ1n) is 5.22. The molecule has 0 amide bonds. The predicted molar refractivity (Wildman–Crippen MR) is 56.2 cm³/mol. The van der Waals surface area contributed by atoms with Crippen molar-refractivity contribution >= 4 is 5.69 Å². The van der Waals surface area contributed by atoms with Crippen molar-refractivity contribution in [3.63, 3.8) is 0 Å². The number of hydrogen-bond acceptors (Lipinski definition) is 2. The van der Waals surface area contributed by atoms with Crippen LogP contribution >= 0.6 is 0 Å². The number of nitrogens with zero attached hydrogens (tertiary/aromatic N) is 2. The van der Waals surface area contributed by atoms with E-state index in [-0.39, 0.29) is 0 Å². The van der Waals surface area contributed by atoms with Crippen molar-refractivity contribution in [1.29, 1.82) is 0 Å². The zero-order chi connectivity index (χ0) is 9.97. The van der Waals surface area contributed by atoms with Crippen LogP contribution in [0.5, 0.6) is 0 Å². The number of aromatic nitrogens is 1. The van der Waals surface area contributed by atoms with Crippen LogP contribution in [0.1, 0.15) is 24.8 Å². The van der Waals surface area contributed by atoms with Crippen molar-refractivity contribution in [2.45, 2.75) is 26.2 Å². The number of hydrogen-bond donors (Lipinski definition) is 0. The Bertz CT molecular complexity index is 319. The second kappa shape index (κ2) is 3.86. The van der Waals surface area contributed by atoms with Gasteiger partial charge in [0.25, 0.3) is 0 Å². The largest absolute Gasteiger partial charge is 0.619 e. The maximum atomic E-state index is 11.0. The summed E-state index contributed by atoms with van der Waals surface area (Å²) in [6.45, 7) is 4.26. The number of pyridine rings is 1. The average Bonchev–Trinajstić information content (AvgIpc) is 2.19. The standard InChI is InChI=1S/C11H16N2O/c1-10-9-13(14)8-5-11(10)12-6-3-2-4-7-12/h5,8-9H,2-4,6-7H2,1H3. The summed E-state index contributed by atoms with van der Waals surface area (Å²) < 4.78 is 0.864. The maximum Gasteiger partial charge on any atom is 0.185 e. The number of rotatable bonds is 1. The molecule has 0 aromatic carbocycles. The molecule has 14 heavy (non-hydrogen) atoms. The summed E-state index contributed by atoms with van der Waals surface area (Å²) in [4.78, 5) is 2.37. The van der Waals surface area contributed by atoms with Crippen molar-refractivity contribution < 1.29 is 4.73 Å². The van der Waals surface area contributed by atoms with Crippen molar-refractivity contribution in [2.75, 3.05) is 18.0 Å². The van der Waals surface area contributed by atoms with Gasteiger partial charge in [0.1, 0.15) is 0 Å². The van der Waals surface area contributed by atoms with Gasteiger partial charge in [-0.25, -0.2) is 0 Å². The molecule has 1 aromatic heterocycles. The van der Waals surface area contributed by atoms with Crippen LogP contribution in [-0.2, 0) is 0 Å². The minimum atomic E-state index is 0.864. The van der Waals surface area contributed by atoms with E-state index >= 15 is 0 Å². The highest BCUT2D eigenvalue weighted by atomic mass is 16.5. The van der Waals surface area contributed by atoms with Gasteiger partial charge in [-0.1, -0.05) is 0 Å². The zero-order valence-electron chi connectivity index (χ0n) is 8.57. The Morgan fingerprint density at radius 1 is 1.29 bits per heavy atom. The smallest absolute Gasteiger partial charge is 0.185 e. The third-order valence-corrected chi connectivity index (χ3v) is 2.80. The van der Waals surface area contributed by atoms with Crippen molar-refractivity contribution in [1.82, 2.24) is 0 Å². The van der Waals surface area contributed by atoms with Gasteiger partial charge in [0.2, 0.25) is 0 Å². The zero-order valence-corrected chi connectivity index (χ0v) is 8.57. The molecule has 1 aromatic rings. The molecule has 0 saturated carbocycles.